The molecule has 2 aliphatic heterocycles. The van der Waals surface area contributed by atoms with E-state index in [0.717, 1.165) is 74.0 Å². The van der Waals surface area contributed by atoms with Crippen LogP contribution in [0.1, 0.15) is 61.8 Å². The zero-order valence-electron chi connectivity index (χ0n) is 19.9. The minimum Gasteiger partial charge on any atom is -0.497 e. The standard InChI is InChI=1S/C25H35N5O2/c1-25(2,17-9-11-18(32-5)12-10-17)24(31)30-14-7-6-8-21(30)23-27-20-16-29(4)15-13-19(20)22(26-3)28-23/h9-12,21H,6-8,13-16H2,1-5H3,(H,26,27,28). The number of nitrogens with zero attached hydrogens (tertiary/aromatic N) is 4. The third-order valence-electron chi connectivity index (χ3n) is 6.92. The van der Waals surface area contributed by atoms with Crippen LogP contribution >= 0.6 is 0 Å². The van der Waals surface area contributed by atoms with Gasteiger partial charge < -0.3 is 19.9 Å². The predicted molar refractivity (Wildman–Crippen MR) is 126 cm³/mol. The number of carbonyl (C=O) groups excluding carboxylic acids is 1. The summed E-state index contributed by atoms with van der Waals surface area (Å²) in [6, 6.07) is 7.71. The van der Waals surface area contributed by atoms with E-state index < -0.39 is 5.41 Å². The molecule has 0 bridgehead atoms. The molecule has 1 saturated heterocycles. The molecule has 2 aromatic rings. The maximum atomic E-state index is 13.9. The average Bonchev–Trinajstić information content (AvgIpc) is 2.82. The van der Waals surface area contributed by atoms with Gasteiger partial charge in [-0.2, -0.15) is 0 Å². The minimum atomic E-state index is -0.651. The molecule has 2 aliphatic rings. The van der Waals surface area contributed by atoms with Crippen molar-refractivity contribution in [3.8, 4) is 5.75 Å². The summed E-state index contributed by atoms with van der Waals surface area (Å²) in [6.07, 6.45) is 3.92. The number of methoxy groups -OCH3 is 1. The molecule has 0 radical (unpaired) electrons. The second-order valence-corrected chi connectivity index (χ2v) is 9.46. The van der Waals surface area contributed by atoms with Gasteiger partial charge in [0.05, 0.1) is 24.3 Å². The summed E-state index contributed by atoms with van der Waals surface area (Å²) in [5.74, 6) is 2.59. The smallest absolute Gasteiger partial charge is 0.233 e. The Morgan fingerprint density at radius 2 is 1.91 bits per heavy atom. The molecule has 1 fully saturated rings. The lowest BCUT2D eigenvalue weighted by Gasteiger charge is -2.40. The molecule has 1 N–H and O–H groups in total. The van der Waals surface area contributed by atoms with Crippen molar-refractivity contribution in [3.63, 3.8) is 0 Å². The van der Waals surface area contributed by atoms with E-state index in [2.05, 4.69) is 17.3 Å². The summed E-state index contributed by atoms with van der Waals surface area (Å²) in [5, 5.41) is 3.28. The molecule has 1 atom stereocenters. The van der Waals surface area contributed by atoms with Crippen LogP contribution in [-0.4, -0.2) is 60.0 Å². The van der Waals surface area contributed by atoms with Gasteiger partial charge in [0, 0.05) is 32.2 Å². The van der Waals surface area contributed by atoms with Crippen LogP contribution in [0.25, 0.3) is 0 Å². The lowest BCUT2D eigenvalue weighted by Crippen LogP contribution is -2.47. The first-order valence-electron chi connectivity index (χ1n) is 11.6. The van der Waals surface area contributed by atoms with Crippen LogP contribution in [-0.2, 0) is 23.2 Å². The second-order valence-electron chi connectivity index (χ2n) is 9.46. The Bertz CT molecular complexity index is 973. The molecule has 7 nitrogen and oxygen atoms in total. The molecule has 1 amide bonds. The number of amides is 1. The van der Waals surface area contributed by atoms with Crippen LogP contribution < -0.4 is 10.1 Å². The van der Waals surface area contributed by atoms with Gasteiger partial charge in [-0.25, -0.2) is 9.97 Å². The SMILES string of the molecule is CNc1nc(C2CCCCN2C(=O)C(C)(C)c2ccc(OC)cc2)nc2c1CCN(C)C2. The number of benzene rings is 1. The normalized spacial score (nSPS) is 19.4. The van der Waals surface area contributed by atoms with Crippen molar-refractivity contribution >= 4 is 11.7 Å². The first-order valence-corrected chi connectivity index (χ1v) is 11.6. The summed E-state index contributed by atoms with van der Waals surface area (Å²) in [7, 11) is 5.69. The molecule has 4 rings (SSSR count). The molecule has 32 heavy (non-hydrogen) atoms. The number of fused-ring (bicyclic) bond motifs is 1. The van der Waals surface area contributed by atoms with Crippen LogP contribution in [0.15, 0.2) is 24.3 Å². The van der Waals surface area contributed by atoms with E-state index in [9.17, 15) is 4.79 Å². The summed E-state index contributed by atoms with van der Waals surface area (Å²) in [5.41, 5.74) is 2.63. The molecule has 1 aromatic carbocycles. The summed E-state index contributed by atoms with van der Waals surface area (Å²) in [6.45, 7) is 6.57. The van der Waals surface area contributed by atoms with Gasteiger partial charge in [-0.1, -0.05) is 12.1 Å². The molecule has 1 aromatic heterocycles. The lowest BCUT2D eigenvalue weighted by atomic mass is 9.82. The number of piperidine rings is 1. The van der Waals surface area contributed by atoms with Crippen LogP contribution in [0.4, 0.5) is 5.82 Å². The maximum Gasteiger partial charge on any atom is 0.233 e. The fourth-order valence-electron chi connectivity index (χ4n) is 4.87. The van der Waals surface area contributed by atoms with Gasteiger partial charge in [0.2, 0.25) is 5.91 Å². The molecular formula is C25H35N5O2. The van der Waals surface area contributed by atoms with Gasteiger partial charge in [0.25, 0.3) is 0 Å². The van der Waals surface area contributed by atoms with Crippen LogP contribution in [0.2, 0.25) is 0 Å². The highest BCUT2D eigenvalue weighted by Crippen LogP contribution is 2.36. The number of aromatic nitrogens is 2. The Labute approximate surface area is 191 Å². The third kappa shape index (κ3) is 4.18. The lowest BCUT2D eigenvalue weighted by molar-refractivity contribution is -0.140. The number of ether oxygens (including phenoxy) is 1. The topological polar surface area (TPSA) is 70.6 Å². The molecular weight excluding hydrogens is 402 g/mol. The summed E-state index contributed by atoms with van der Waals surface area (Å²) >= 11 is 0. The van der Waals surface area contributed by atoms with Crippen LogP contribution in [0.5, 0.6) is 5.75 Å². The first-order chi connectivity index (χ1) is 15.3. The Morgan fingerprint density at radius 3 is 2.59 bits per heavy atom. The molecule has 0 saturated carbocycles. The van der Waals surface area contributed by atoms with Crippen LogP contribution in [0.3, 0.4) is 0 Å². The van der Waals surface area contributed by atoms with Gasteiger partial charge in [0.1, 0.15) is 11.6 Å². The highest BCUT2D eigenvalue weighted by molar-refractivity contribution is 5.87. The number of nitrogens with one attached hydrogen (secondary N) is 1. The largest absolute Gasteiger partial charge is 0.497 e. The van der Waals surface area contributed by atoms with Gasteiger partial charge in [0.15, 0.2) is 5.82 Å². The Hall–Kier alpha value is -2.67. The molecule has 0 aliphatic carbocycles. The number of rotatable bonds is 5. The summed E-state index contributed by atoms with van der Waals surface area (Å²) in [4.78, 5) is 28.1. The van der Waals surface area contributed by atoms with E-state index in [1.54, 1.807) is 7.11 Å². The van der Waals surface area contributed by atoms with E-state index in [4.69, 9.17) is 14.7 Å². The number of likely N-dealkylation sites (N-methyl/N-ethyl adjacent to an activating group) is 1. The van der Waals surface area contributed by atoms with E-state index in [1.165, 1.54) is 5.56 Å². The molecule has 7 heteroatoms. The van der Waals surface area contributed by atoms with Crippen molar-refractivity contribution in [2.75, 3.05) is 39.6 Å². The van der Waals surface area contributed by atoms with E-state index in [0.29, 0.717) is 0 Å². The monoisotopic (exact) mass is 437 g/mol. The van der Waals surface area contributed by atoms with Gasteiger partial charge >= 0.3 is 0 Å². The molecule has 1 unspecified atom stereocenters. The zero-order chi connectivity index (χ0) is 22.9. The number of hydrogen-bond acceptors (Lipinski definition) is 6. The third-order valence-corrected chi connectivity index (χ3v) is 6.92. The first kappa shape index (κ1) is 22.5. The van der Waals surface area contributed by atoms with Crippen molar-refractivity contribution in [3.05, 3.63) is 46.9 Å². The Balaban J connectivity index is 1.67. The highest BCUT2D eigenvalue weighted by atomic mass is 16.5. The Kier molecular flexibility index (Phi) is 6.38. The highest BCUT2D eigenvalue weighted by Gasteiger charge is 2.39. The molecule has 172 valence electrons. The number of likely N-dealkylation sites (tertiary alicyclic amines) is 1. The van der Waals surface area contributed by atoms with Crippen molar-refractivity contribution in [2.24, 2.45) is 0 Å². The van der Waals surface area contributed by atoms with E-state index in [-0.39, 0.29) is 11.9 Å². The van der Waals surface area contributed by atoms with E-state index in [1.807, 2.05) is 50.1 Å². The Morgan fingerprint density at radius 1 is 1.16 bits per heavy atom. The number of carbonyl (C=O) groups is 1. The second kappa shape index (κ2) is 9.06. The minimum absolute atomic E-state index is 0.0987. The van der Waals surface area contributed by atoms with Crippen LogP contribution in [0, 0.1) is 0 Å². The predicted octanol–water partition coefficient (Wildman–Crippen LogP) is 3.55. The summed E-state index contributed by atoms with van der Waals surface area (Å²) < 4.78 is 5.29. The van der Waals surface area contributed by atoms with Crippen molar-refractivity contribution in [1.82, 2.24) is 19.8 Å². The average molecular weight is 438 g/mol. The van der Waals surface area contributed by atoms with Gasteiger partial charge in [-0.15, -0.1) is 0 Å². The maximum absolute atomic E-state index is 13.9. The molecule has 0 spiro atoms. The van der Waals surface area contributed by atoms with Gasteiger partial charge in [-0.05, 0) is 64.3 Å². The van der Waals surface area contributed by atoms with Crippen molar-refractivity contribution in [1.29, 1.82) is 0 Å². The molecule has 3 heterocycles. The number of hydrogen-bond donors (Lipinski definition) is 1. The number of anilines is 1. The van der Waals surface area contributed by atoms with E-state index >= 15 is 0 Å². The van der Waals surface area contributed by atoms with Gasteiger partial charge in [-0.3, -0.25) is 4.79 Å². The fourth-order valence-corrected chi connectivity index (χ4v) is 4.87. The van der Waals surface area contributed by atoms with Crippen molar-refractivity contribution < 1.29 is 9.53 Å². The quantitative estimate of drug-likeness (QED) is 0.772. The zero-order valence-corrected chi connectivity index (χ0v) is 19.9. The van der Waals surface area contributed by atoms with Crippen molar-refractivity contribution in [2.45, 2.75) is 57.5 Å². The fraction of sp³-hybridized carbons (Fsp3) is 0.560.